The quantitative estimate of drug-likeness (QED) is 0.760. The molecule has 0 aliphatic carbocycles. The van der Waals surface area contributed by atoms with E-state index in [2.05, 4.69) is 20.9 Å². The fourth-order valence-corrected chi connectivity index (χ4v) is 4.05. The summed E-state index contributed by atoms with van der Waals surface area (Å²) in [6, 6.07) is 9.02. The van der Waals surface area contributed by atoms with Crippen LogP contribution in [0.5, 0.6) is 0 Å². The summed E-state index contributed by atoms with van der Waals surface area (Å²) in [4.78, 5) is 29.0. The molecular formula is C22H28FN5O3. The van der Waals surface area contributed by atoms with Crippen molar-refractivity contribution < 1.29 is 18.7 Å². The molecule has 0 radical (unpaired) electrons. The first-order valence-corrected chi connectivity index (χ1v) is 10.5. The minimum Gasteiger partial charge on any atom is -0.442 e. The zero-order valence-corrected chi connectivity index (χ0v) is 17.9. The van der Waals surface area contributed by atoms with Gasteiger partial charge in [-0.2, -0.15) is 0 Å². The largest absolute Gasteiger partial charge is 0.442 e. The summed E-state index contributed by atoms with van der Waals surface area (Å²) in [6.07, 6.45) is 1.06. The van der Waals surface area contributed by atoms with Crippen molar-refractivity contribution >= 4 is 23.4 Å². The van der Waals surface area contributed by atoms with Gasteiger partial charge in [-0.1, -0.05) is 0 Å². The van der Waals surface area contributed by atoms with Gasteiger partial charge in [-0.3, -0.25) is 14.6 Å². The van der Waals surface area contributed by atoms with Crippen molar-refractivity contribution in [3.05, 3.63) is 48.0 Å². The average molecular weight is 429 g/mol. The second-order valence-corrected chi connectivity index (χ2v) is 8.06. The molecule has 9 heteroatoms. The molecule has 2 aliphatic rings. The Balaban J connectivity index is 1.35. The van der Waals surface area contributed by atoms with Crippen LogP contribution in [0.25, 0.3) is 0 Å². The van der Waals surface area contributed by atoms with Crippen LogP contribution in [0.2, 0.25) is 0 Å². The van der Waals surface area contributed by atoms with Crippen LogP contribution in [-0.4, -0.2) is 66.8 Å². The fraction of sp³-hybridized carbons (Fsp3) is 0.455. The molecular weight excluding hydrogens is 401 g/mol. The van der Waals surface area contributed by atoms with Crippen molar-refractivity contribution in [2.45, 2.75) is 19.6 Å². The van der Waals surface area contributed by atoms with Gasteiger partial charge in [0, 0.05) is 58.6 Å². The van der Waals surface area contributed by atoms with Crippen molar-refractivity contribution in [2.75, 3.05) is 49.1 Å². The second-order valence-electron chi connectivity index (χ2n) is 8.06. The SMILES string of the molecule is CC(=O)NC[C@H]1CN(c2ccc(N3CCN(Cc4cccn4C)CC3)c(F)c2)C(=O)O1. The van der Waals surface area contributed by atoms with Crippen LogP contribution in [0.1, 0.15) is 12.6 Å². The van der Waals surface area contributed by atoms with Crippen molar-refractivity contribution in [3.8, 4) is 0 Å². The molecule has 1 aromatic heterocycles. The summed E-state index contributed by atoms with van der Waals surface area (Å²) < 4.78 is 22.3. The molecule has 4 rings (SSSR count). The number of benzene rings is 1. The summed E-state index contributed by atoms with van der Waals surface area (Å²) >= 11 is 0. The third kappa shape index (κ3) is 4.82. The molecule has 2 saturated heterocycles. The molecule has 0 spiro atoms. The summed E-state index contributed by atoms with van der Waals surface area (Å²) in [5.74, 6) is -0.542. The lowest BCUT2D eigenvalue weighted by atomic mass is 10.2. The molecule has 1 aromatic carbocycles. The first-order chi connectivity index (χ1) is 14.9. The average Bonchev–Trinajstić information content (AvgIpc) is 3.32. The van der Waals surface area contributed by atoms with E-state index in [0.717, 1.165) is 32.7 Å². The van der Waals surface area contributed by atoms with Crippen molar-refractivity contribution in [1.29, 1.82) is 0 Å². The van der Waals surface area contributed by atoms with E-state index in [9.17, 15) is 14.0 Å². The van der Waals surface area contributed by atoms with Crippen LogP contribution in [0, 0.1) is 5.82 Å². The summed E-state index contributed by atoms with van der Waals surface area (Å²) in [5.41, 5.74) is 2.27. The second kappa shape index (κ2) is 8.97. The molecule has 166 valence electrons. The first kappa shape index (κ1) is 21.2. The number of nitrogens with one attached hydrogen (secondary N) is 1. The molecule has 1 atom stereocenters. The van der Waals surface area contributed by atoms with Gasteiger partial charge in [0.1, 0.15) is 11.9 Å². The van der Waals surface area contributed by atoms with Gasteiger partial charge in [-0.15, -0.1) is 0 Å². The third-order valence-corrected chi connectivity index (χ3v) is 5.85. The van der Waals surface area contributed by atoms with Gasteiger partial charge < -0.3 is 19.5 Å². The van der Waals surface area contributed by atoms with E-state index >= 15 is 0 Å². The van der Waals surface area contributed by atoms with Gasteiger partial charge in [0.05, 0.1) is 24.5 Å². The molecule has 3 heterocycles. The molecule has 1 N–H and O–H groups in total. The number of ether oxygens (including phenoxy) is 1. The fourth-order valence-electron chi connectivity index (χ4n) is 4.05. The van der Waals surface area contributed by atoms with Crippen LogP contribution in [-0.2, 0) is 23.1 Å². The predicted octanol–water partition coefficient (Wildman–Crippen LogP) is 1.95. The number of aryl methyl sites for hydroxylation is 1. The normalized spacial score (nSPS) is 19.6. The minimum absolute atomic E-state index is 0.186. The van der Waals surface area contributed by atoms with Gasteiger partial charge in [-0.25, -0.2) is 9.18 Å². The van der Waals surface area contributed by atoms with Crippen LogP contribution in [0.15, 0.2) is 36.5 Å². The van der Waals surface area contributed by atoms with Crippen LogP contribution in [0.4, 0.5) is 20.6 Å². The molecule has 2 amide bonds. The van der Waals surface area contributed by atoms with E-state index in [-0.39, 0.29) is 24.8 Å². The van der Waals surface area contributed by atoms with Gasteiger partial charge in [0.2, 0.25) is 5.91 Å². The molecule has 2 aromatic rings. The number of halogens is 1. The molecule has 2 aliphatic heterocycles. The molecule has 0 saturated carbocycles. The number of cyclic esters (lactones) is 1. The summed E-state index contributed by atoms with van der Waals surface area (Å²) in [7, 11) is 2.04. The number of carbonyl (C=O) groups excluding carboxylic acids is 2. The summed E-state index contributed by atoms with van der Waals surface area (Å²) in [6.45, 7) is 6.00. The number of piperazine rings is 1. The standard InChI is InChI=1S/C22H28FN5O3/c1-16(29)24-13-19-15-28(22(30)31-19)17-5-6-21(20(23)12-17)27-10-8-26(9-11-27)14-18-4-3-7-25(18)2/h3-7,12,19H,8-11,13-15H2,1-2H3,(H,24,29)/t19-/m0/s1. The highest BCUT2D eigenvalue weighted by molar-refractivity contribution is 5.90. The van der Waals surface area contributed by atoms with E-state index in [1.54, 1.807) is 12.1 Å². The molecule has 2 fully saturated rings. The highest BCUT2D eigenvalue weighted by atomic mass is 19.1. The van der Waals surface area contributed by atoms with Crippen LogP contribution < -0.4 is 15.1 Å². The zero-order chi connectivity index (χ0) is 22.0. The Labute approximate surface area is 181 Å². The Morgan fingerprint density at radius 2 is 2.00 bits per heavy atom. The molecule has 0 unspecified atom stereocenters. The Morgan fingerprint density at radius 1 is 1.23 bits per heavy atom. The van der Waals surface area contributed by atoms with Gasteiger partial charge in [0.25, 0.3) is 0 Å². The highest BCUT2D eigenvalue weighted by Crippen LogP contribution is 2.28. The number of rotatable bonds is 6. The van der Waals surface area contributed by atoms with Crippen LogP contribution in [0.3, 0.4) is 0 Å². The highest BCUT2D eigenvalue weighted by Gasteiger charge is 2.33. The maximum atomic E-state index is 14.9. The maximum absolute atomic E-state index is 14.9. The lowest BCUT2D eigenvalue weighted by Gasteiger charge is -2.36. The van der Waals surface area contributed by atoms with Gasteiger partial charge >= 0.3 is 6.09 Å². The van der Waals surface area contributed by atoms with Crippen molar-refractivity contribution in [3.63, 3.8) is 0 Å². The minimum atomic E-state index is -0.531. The Kier molecular flexibility index (Phi) is 6.13. The Morgan fingerprint density at radius 3 is 2.65 bits per heavy atom. The van der Waals surface area contributed by atoms with Crippen molar-refractivity contribution in [2.24, 2.45) is 7.05 Å². The van der Waals surface area contributed by atoms with E-state index in [1.165, 1.54) is 23.6 Å². The van der Waals surface area contributed by atoms with E-state index in [1.807, 2.05) is 24.2 Å². The third-order valence-electron chi connectivity index (χ3n) is 5.85. The number of anilines is 2. The zero-order valence-electron chi connectivity index (χ0n) is 17.9. The number of carbonyl (C=O) groups is 2. The summed E-state index contributed by atoms with van der Waals surface area (Å²) in [5, 5.41) is 2.63. The number of hydrogen-bond donors (Lipinski definition) is 1. The maximum Gasteiger partial charge on any atom is 0.414 e. The Hall–Kier alpha value is -3.07. The Bertz CT molecular complexity index is 954. The predicted molar refractivity (Wildman–Crippen MR) is 116 cm³/mol. The van der Waals surface area contributed by atoms with Crippen molar-refractivity contribution in [1.82, 2.24) is 14.8 Å². The first-order valence-electron chi connectivity index (χ1n) is 10.5. The molecule has 31 heavy (non-hydrogen) atoms. The molecule has 0 bridgehead atoms. The lowest BCUT2D eigenvalue weighted by molar-refractivity contribution is -0.119. The molecule has 8 nitrogen and oxygen atoms in total. The topological polar surface area (TPSA) is 70.1 Å². The van der Waals surface area contributed by atoms with E-state index in [0.29, 0.717) is 11.4 Å². The number of hydrogen-bond acceptors (Lipinski definition) is 5. The van der Waals surface area contributed by atoms with Crippen LogP contribution >= 0.6 is 0 Å². The number of aromatic nitrogens is 1. The van der Waals surface area contributed by atoms with E-state index < -0.39 is 12.2 Å². The smallest absolute Gasteiger partial charge is 0.414 e. The van der Waals surface area contributed by atoms with Gasteiger partial charge in [-0.05, 0) is 30.3 Å². The van der Waals surface area contributed by atoms with E-state index in [4.69, 9.17) is 4.74 Å². The lowest BCUT2D eigenvalue weighted by Crippen LogP contribution is -2.46. The number of amides is 2. The monoisotopic (exact) mass is 429 g/mol. The number of nitrogens with zero attached hydrogens (tertiary/aromatic N) is 4. The van der Waals surface area contributed by atoms with Gasteiger partial charge in [0.15, 0.2) is 0 Å².